The van der Waals surface area contributed by atoms with E-state index in [0.29, 0.717) is 24.7 Å². The van der Waals surface area contributed by atoms with Gasteiger partial charge < -0.3 is 25.2 Å². The van der Waals surface area contributed by atoms with Crippen LogP contribution in [0.2, 0.25) is 5.02 Å². The molecule has 4 atom stereocenters. The number of aliphatic hydroxyl groups excluding tert-OH is 2. The van der Waals surface area contributed by atoms with E-state index in [1.807, 2.05) is 12.1 Å². The second-order valence-corrected chi connectivity index (χ2v) is 8.28. The lowest BCUT2D eigenvalue weighted by molar-refractivity contribution is -0.122. The molecule has 1 saturated heterocycles. The second kappa shape index (κ2) is 9.31. The number of pyridine rings is 1. The Balaban J connectivity index is 1.44. The number of morpholine rings is 1. The van der Waals surface area contributed by atoms with Crippen LogP contribution in [0.4, 0.5) is 5.82 Å². The molecule has 1 aromatic heterocycles. The molecule has 1 aliphatic carbocycles. The molecule has 30 heavy (non-hydrogen) atoms. The SMILES string of the molecule is O=C(Cc1ccc(Cl)cc1)N[C@H]1[C@H](O)[C@H](O)C[C@@H]1c1ccc(N2CCOCC2)nc1. The fraction of sp³-hybridized carbons (Fsp3) is 0.455. The molecule has 8 heteroatoms. The molecule has 0 bridgehead atoms. The minimum atomic E-state index is -1.02. The number of aromatic nitrogens is 1. The predicted octanol–water partition coefficient (Wildman–Crippen LogP) is 1.51. The second-order valence-electron chi connectivity index (χ2n) is 7.85. The third-order valence-corrected chi connectivity index (χ3v) is 6.08. The molecule has 1 aliphatic heterocycles. The Labute approximate surface area is 180 Å². The van der Waals surface area contributed by atoms with Crippen LogP contribution in [0, 0.1) is 0 Å². The molecule has 2 aromatic rings. The number of nitrogens with zero attached hydrogens (tertiary/aromatic N) is 2. The summed E-state index contributed by atoms with van der Waals surface area (Å²) in [5.41, 5.74) is 1.72. The quantitative estimate of drug-likeness (QED) is 0.664. The molecule has 4 rings (SSSR count). The first-order chi connectivity index (χ1) is 14.5. The molecule has 2 heterocycles. The Morgan fingerprint density at radius 1 is 1.17 bits per heavy atom. The highest BCUT2D eigenvalue weighted by Gasteiger charge is 2.43. The van der Waals surface area contributed by atoms with E-state index in [1.54, 1.807) is 30.5 Å². The number of amides is 1. The zero-order chi connectivity index (χ0) is 21.1. The molecule has 0 spiro atoms. The highest BCUT2D eigenvalue weighted by molar-refractivity contribution is 6.30. The normalized spacial score (nSPS) is 26.6. The number of carbonyl (C=O) groups is 1. The van der Waals surface area contributed by atoms with Gasteiger partial charge in [-0.1, -0.05) is 29.8 Å². The van der Waals surface area contributed by atoms with Crippen LogP contribution in [0.1, 0.15) is 23.5 Å². The summed E-state index contributed by atoms with van der Waals surface area (Å²) in [7, 11) is 0. The van der Waals surface area contributed by atoms with Crippen molar-refractivity contribution in [3.05, 3.63) is 58.7 Å². The smallest absolute Gasteiger partial charge is 0.224 e. The first-order valence-electron chi connectivity index (χ1n) is 10.2. The fourth-order valence-electron chi connectivity index (χ4n) is 4.17. The number of rotatable bonds is 5. The van der Waals surface area contributed by atoms with Gasteiger partial charge in [-0.3, -0.25) is 4.79 Å². The Bertz CT molecular complexity index is 856. The van der Waals surface area contributed by atoms with E-state index >= 15 is 0 Å². The highest BCUT2D eigenvalue weighted by atomic mass is 35.5. The van der Waals surface area contributed by atoms with Gasteiger partial charge in [-0.15, -0.1) is 0 Å². The molecule has 3 N–H and O–H groups in total. The third-order valence-electron chi connectivity index (χ3n) is 5.83. The van der Waals surface area contributed by atoms with Gasteiger partial charge in [0, 0.05) is 30.2 Å². The molecule has 0 unspecified atom stereocenters. The summed E-state index contributed by atoms with van der Waals surface area (Å²) in [6.07, 6.45) is 0.402. The molecule has 1 aromatic carbocycles. The van der Waals surface area contributed by atoms with E-state index in [2.05, 4.69) is 15.2 Å². The van der Waals surface area contributed by atoms with E-state index < -0.39 is 18.2 Å². The Morgan fingerprint density at radius 3 is 2.57 bits per heavy atom. The van der Waals surface area contributed by atoms with Crippen molar-refractivity contribution >= 4 is 23.3 Å². The number of anilines is 1. The minimum absolute atomic E-state index is 0.178. The van der Waals surface area contributed by atoms with Crippen molar-refractivity contribution in [3.8, 4) is 0 Å². The lowest BCUT2D eigenvalue weighted by Crippen LogP contribution is -2.45. The van der Waals surface area contributed by atoms with Crippen molar-refractivity contribution in [2.45, 2.75) is 37.0 Å². The lowest BCUT2D eigenvalue weighted by Gasteiger charge is -2.28. The Hall–Kier alpha value is -2.19. The Kier molecular flexibility index (Phi) is 6.53. The molecule has 160 valence electrons. The van der Waals surface area contributed by atoms with E-state index in [-0.39, 0.29) is 18.2 Å². The predicted molar refractivity (Wildman–Crippen MR) is 114 cm³/mol. The van der Waals surface area contributed by atoms with Crippen LogP contribution in [0.3, 0.4) is 0 Å². The molecule has 0 radical (unpaired) electrons. The van der Waals surface area contributed by atoms with E-state index in [0.717, 1.165) is 30.0 Å². The summed E-state index contributed by atoms with van der Waals surface area (Å²) in [5, 5.41) is 24.2. The highest BCUT2D eigenvalue weighted by Crippen LogP contribution is 2.35. The molecule has 1 amide bonds. The van der Waals surface area contributed by atoms with Gasteiger partial charge in [-0.2, -0.15) is 0 Å². The molecule has 7 nitrogen and oxygen atoms in total. The average molecular weight is 432 g/mol. The zero-order valence-electron chi connectivity index (χ0n) is 16.6. The van der Waals surface area contributed by atoms with Crippen LogP contribution in [0.5, 0.6) is 0 Å². The Morgan fingerprint density at radius 2 is 1.90 bits per heavy atom. The van der Waals surface area contributed by atoms with Gasteiger partial charge in [0.25, 0.3) is 0 Å². The van der Waals surface area contributed by atoms with Gasteiger partial charge in [0.15, 0.2) is 0 Å². The number of halogens is 1. The van der Waals surface area contributed by atoms with Crippen molar-refractivity contribution in [2.75, 3.05) is 31.2 Å². The number of hydrogen-bond donors (Lipinski definition) is 3. The van der Waals surface area contributed by atoms with Crippen LogP contribution < -0.4 is 10.2 Å². The summed E-state index contributed by atoms with van der Waals surface area (Å²) in [4.78, 5) is 19.3. The molecule has 2 aliphatic rings. The van der Waals surface area contributed by atoms with Gasteiger partial charge in [0.05, 0.1) is 31.8 Å². The van der Waals surface area contributed by atoms with E-state index in [1.165, 1.54) is 0 Å². The maximum Gasteiger partial charge on any atom is 0.224 e. The van der Waals surface area contributed by atoms with Crippen molar-refractivity contribution in [3.63, 3.8) is 0 Å². The standard InChI is InChI=1S/C22H26ClN3O4/c23-16-4-1-14(2-5-16)11-20(28)25-21-17(12-18(27)22(21)29)15-3-6-19(24-13-15)26-7-9-30-10-8-26/h1-6,13,17-18,21-22,27,29H,7-12H2,(H,25,28)/t17-,18-,21-,22-/m1/s1. The summed E-state index contributed by atoms with van der Waals surface area (Å²) in [5.74, 6) is 0.457. The molecule has 2 fully saturated rings. The number of benzene rings is 1. The number of nitrogens with one attached hydrogen (secondary N) is 1. The number of aliphatic hydroxyl groups is 2. The van der Waals surface area contributed by atoms with E-state index in [9.17, 15) is 15.0 Å². The zero-order valence-corrected chi connectivity index (χ0v) is 17.3. The summed E-state index contributed by atoms with van der Waals surface area (Å²) in [6, 6.07) is 10.4. The van der Waals surface area contributed by atoms with Gasteiger partial charge in [-0.25, -0.2) is 4.98 Å². The first kappa shape index (κ1) is 21.1. The van der Waals surface area contributed by atoms with Crippen LogP contribution in [-0.4, -0.2) is 65.7 Å². The number of hydrogen-bond acceptors (Lipinski definition) is 6. The average Bonchev–Trinajstić information content (AvgIpc) is 3.04. The van der Waals surface area contributed by atoms with Crippen LogP contribution >= 0.6 is 11.6 Å². The minimum Gasteiger partial charge on any atom is -0.390 e. The van der Waals surface area contributed by atoms with Crippen LogP contribution in [-0.2, 0) is 16.0 Å². The van der Waals surface area contributed by atoms with Crippen molar-refractivity contribution in [1.29, 1.82) is 0 Å². The summed E-state index contributed by atoms with van der Waals surface area (Å²) < 4.78 is 5.38. The van der Waals surface area contributed by atoms with Crippen LogP contribution in [0.15, 0.2) is 42.6 Å². The molecular formula is C22H26ClN3O4. The molecule has 1 saturated carbocycles. The van der Waals surface area contributed by atoms with Gasteiger partial charge in [-0.05, 0) is 35.7 Å². The first-order valence-corrected chi connectivity index (χ1v) is 10.6. The van der Waals surface area contributed by atoms with Gasteiger partial charge in [0.2, 0.25) is 5.91 Å². The third kappa shape index (κ3) is 4.75. The largest absolute Gasteiger partial charge is 0.390 e. The van der Waals surface area contributed by atoms with Crippen molar-refractivity contribution in [1.82, 2.24) is 10.3 Å². The van der Waals surface area contributed by atoms with Gasteiger partial charge >= 0.3 is 0 Å². The van der Waals surface area contributed by atoms with Crippen LogP contribution in [0.25, 0.3) is 0 Å². The fourth-order valence-corrected chi connectivity index (χ4v) is 4.30. The maximum absolute atomic E-state index is 12.6. The summed E-state index contributed by atoms with van der Waals surface area (Å²) in [6.45, 7) is 2.98. The number of ether oxygens (including phenoxy) is 1. The van der Waals surface area contributed by atoms with E-state index in [4.69, 9.17) is 16.3 Å². The monoisotopic (exact) mass is 431 g/mol. The maximum atomic E-state index is 12.6. The number of carbonyl (C=O) groups excluding carboxylic acids is 1. The topological polar surface area (TPSA) is 94.9 Å². The van der Waals surface area contributed by atoms with Crippen molar-refractivity contribution < 1.29 is 19.7 Å². The van der Waals surface area contributed by atoms with Crippen molar-refractivity contribution in [2.24, 2.45) is 0 Å². The molecular weight excluding hydrogens is 406 g/mol. The lowest BCUT2D eigenvalue weighted by atomic mass is 9.94. The summed E-state index contributed by atoms with van der Waals surface area (Å²) >= 11 is 5.89. The van der Waals surface area contributed by atoms with Gasteiger partial charge in [0.1, 0.15) is 11.9 Å².